The van der Waals surface area contributed by atoms with Gasteiger partial charge in [-0.2, -0.15) is 26.3 Å². The maximum absolute atomic E-state index is 13.2. The Labute approximate surface area is 166 Å². The molecule has 0 aliphatic carbocycles. The van der Waals surface area contributed by atoms with E-state index in [4.69, 9.17) is 28.9 Å². The van der Waals surface area contributed by atoms with Gasteiger partial charge >= 0.3 is 18.0 Å². The molecule has 0 saturated carbocycles. The average molecular weight is 467 g/mol. The van der Waals surface area contributed by atoms with Crippen LogP contribution in [0.25, 0.3) is 0 Å². The fourth-order valence-electron chi connectivity index (χ4n) is 2.41. The standard InChI is InChI=1S/C13H6Cl2F6N4O4/c14-5-1-4(12(16,17)18)3-23(11(5)22)7-2-6(24(26)27)8(13(19,20)21)9(15)10(7)25(28)29/h1-3,11H,22H2. The predicted molar refractivity (Wildman–Crippen MR) is 88.3 cm³/mol. The lowest BCUT2D eigenvalue weighted by molar-refractivity contribution is -0.391. The second-order valence-corrected chi connectivity index (χ2v) is 6.24. The van der Waals surface area contributed by atoms with Gasteiger partial charge in [0.2, 0.25) is 0 Å². The number of halogens is 8. The maximum Gasteiger partial charge on any atom is 0.424 e. The number of alkyl halides is 6. The number of nitro groups is 2. The second-order valence-electron chi connectivity index (χ2n) is 5.43. The molecular weight excluding hydrogens is 461 g/mol. The molecule has 1 unspecified atom stereocenters. The molecule has 1 atom stereocenters. The minimum Gasteiger partial charge on any atom is -0.321 e. The van der Waals surface area contributed by atoms with E-state index in [0.717, 1.165) is 0 Å². The lowest BCUT2D eigenvalue weighted by atomic mass is 10.1. The quantitative estimate of drug-likeness (QED) is 0.386. The van der Waals surface area contributed by atoms with E-state index in [1.807, 2.05) is 0 Å². The Morgan fingerprint density at radius 1 is 1.03 bits per heavy atom. The summed E-state index contributed by atoms with van der Waals surface area (Å²) in [5.41, 5.74) is -2.35. The van der Waals surface area contributed by atoms with Crippen LogP contribution in [0, 0.1) is 20.2 Å². The molecule has 16 heteroatoms. The van der Waals surface area contributed by atoms with E-state index in [9.17, 15) is 46.6 Å². The molecule has 8 nitrogen and oxygen atoms in total. The summed E-state index contributed by atoms with van der Waals surface area (Å²) in [5, 5.41) is 20.1. The Kier molecular flexibility index (Phi) is 5.75. The number of nitro benzene ring substituents is 2. The number of allylic oxidation sites excluding steroid dienone is 2. The van der Waals surface area contributed by atoms with Gasteiger partial charge < -0.3 is 10.6 Å². The van der Waals surface area contributed by atoms with E-state index in [1.54, 1.807) is 0 Å². The summed E-state index contributed by atoms with van der Waals surface area (Å²) >= 11 is 11.1. The third-order valence-corrected chi connectivity index (χ3v) is 4.32. The highest BCUT2D eigenvalue weighted by atomic mass is 35.5. The van der Waals surface area contributed by atoms with E-state index in [2.05, 4.69) is 0 Å². The van der Waals surface area contributed by atoms with Gasteiger partial charge in [-0.15, -0.1) is 0 Å². The first-order chi connectivity index (χ1) is 13.1. The number of rotatable bonds is 3. The Hall–Kier alpha value is -2.58. The van der Waals surface area contributed by atoms with Crippen LogP contribution in [0.15, 0.2) is 28.9 Å². The van der Waals surface area contributed by atoms with Gasteiger partial charge in [-0.3, -0.25) is 20.2 Å². The van der Waals surface area contributed by atoms with Crippen molar-refractivity contribution in [2.75, 3.05) is 4.90 Å². The highest BCUT2D eigenvalue weighted by Gasteiger charge is 2.47. The van der Waals surface area contributed by atoms with Gasteiger partial charge in [0, 0.05) is 12.3 Å². The van der Waals surface area contributed by atoms with Crippen LogP contribution in [-0.2, 0) is 6.18 Å². The molecule has 1 aromatic carbocycles. The summed E-state index contributed by atoms with van der Waals surface area (Å²) in [6.45, 7) is 0. The van der Waals surface area contributed by atoms with Crippen molar-refractivity contribution in [1.82, 2.24) is 0 Å². The van der Waals surface area contributed by atoms with Gasteiger partial charge in [-0.05, 0) is 6.08 Å². The van der Waals surface area contributed by atoms with Crippen molar-refractivity contribution in [3.63, 3.8) is 0 Å². The summed E-state index contributed by atoms with van der Waals surface area (Å²) < 4.78 is 78.7. The highest BCUT2D eigenvalue weighted by molar-refractivity contribution is 6.34. The maximum atomic E-state index is 13.2. The summed E-state index contributed by atoms with van der Waals surface area (Å²) in [6.07, 6.45) is -11.6. The molecule has 0 radical (unpaired) electrons. The monoisotopic (exact) mass is 466 g/mol. The first-order valence-corrected chi connectivity index (χ1v) is 7.75. The predicted octanol–water partition coefficient (Wildman–Crippen LogP) is 4.85. The third kappa shape index (κ3) is 4.23. The lowest BCUT2D eigenvalue weighted by Gasteiger charge is -2.31. The van der Waals surface area contributed by atoms with E-state index in [-0.39, 0.29) is 17.2 Å². The van der Waals surface area contributed by atoms with Gasteiger partial charge in [0.05, 0.1) is 20.5 Å². The number of benzene rings is 1. The molecule has 1 aliphatic heterocycles. The molecule has 29 heavy (non-hydrogen) atoms. The molecule has 158 valence electrons. The number of nitrogens with two attached hydrogens (primary N) is 1. The zero-order valence-corrected chi connectivity index (χ0v) is 14.9. The molecule has 2 rings (SSSR count). The van der Waals surface area contributed by atoms with Gasteiger partial charge in [0.1, 0.15) is 16.9 Å². The van der Waals surface area contributed by atoms with Crippen molar-refractivity contribution in [2.45, 2.75) is 18.5 Å². The SMILES string of the molecule is NC1C(Cl)=CC(C(F)(F)F)=CN1c1cc([N+](=O)[O-])c(C(F)(F)F)c(Cl)c1[N+](=O)[O-]. The van der Waals surface area contributed by atoms with E-state index in [0.29, 0.717) is 6.08 Å². The summed E-state index contributed by atoms with van der Waals surface area (Å²) in [5.74, 6) is 0. The van der Waals surface area contributed by atoms with E-state index >= 15 is 0 Å². The Bertz CT molecular complexity index is 960. The van der Waals surface area contributed by atoms with Gasteiger partial charge in [-0.25, -0.2) is 0 Å². The fraction of sp³-hybridized carbons (Fsp3) is 0.231. The second kappa shape index (κ2) is 7.35. The number of hydrogen-bond donors (Lipinski definition) is 1. The van der Waals surface area contributed by atoms with Crippen molar-refractivity contribution in [2.24, 2.45) is 5.73 Å². The largest absolute Gasteiger partial charge is 0.424 e. The molecule has 0 aromatic heterocycles. The van der Waals surface area contributed by atoms with Crippen molar-refractivity contribution in [3.8, 4) is 0 Å². The lowest BCUT2D eigenvalue weighted by Crippen LogP contribution is -2.42. The topological polar surface area (TPSA) is 116 Å². The zero-order valence-electron chi connectivity index (χ0n) is 13.4. The first kappa shape index (κ1) is 22.7. The Morgan fingerprint density at radius 3 is 2.00 bits per heavy atom. The van der Waals surface area contributed by atoms with Crippen LogP contribution in [0.4, 0.5) is 43.4 Å². The molecule has 1 heterocycles. The molecule has 0 saturated heterocycles. The van der Waals surface area contributed by atoms with Crippen LogP contribution in [0.1, 0.15) is 5.56 Å². The Morgan fingerprint density at radius 2 is 1.59 bits per heavy atom. The fourth-order valence-corrected chi connectivity index (χ4v) is 3.00. The normalized spacial score (nSPS) is 17.7. The molecule has 0 fully saturated rings. The van der Waals surface area contributed by atoms with Crippen LogP contribution in [0.3, 0.4) is 0 Å². The van der Waals surface area contributed by atoms with Crippen LogP contribution < -0.4 is 10.6 Å². The van der Waals surface area contributed by atoms with Crippen molar-refractivity contribution < 1.29 is 36.2 Å². The molecule has 0 bridgehead atoms. The molecule has 0 amide bonds. The number of hydrogen-bond acceptors (Lipinski definition) is 6. The van der Waals surface area contributed by atoms with E-state index < -0.39 is 66.6 Å². The number of anilines is 1. The minimum atomic E-state index is -5.47. The smallest absolute Gasteiger partial charge is 0.321 e. The molecule has 1 aliphatic rings. The highest BCUT2D eigenvalue weighted by Crippen LogP contribution is 2.50. The van der Waals surface area contributed by atoms with Gasteiger partial charge in [-0.1, -0.05) is 23.2 Å². The Balaban J connectivity index is 2.92. The minimum absolute atomic E-state index is 0.0622. The molecule has 2 N–H and O–H groups in total. The molecular formula is C13H6Cl2F6N4O4. The average Bonchev–Trinajstić information content (AvgIpc) is 2.53. The third-order valence-electron chi connectivity index (χ3n) is 3.62. The summed E-state index contributed by atoms with van der Waals surface area (Å²) in [7, 11) is 0. The van der Waals surface area contributed by atoms with Crippen LogP contribution >= 0.6 is 23.2 Å². The molecule has 0 spiro atoms. The summed E-state index contributed by atoms with van der Waals surface area (Å²) in [4.78, 5) is 19.7. The van der Waals surface area contributed by atoms with E-state index in [1.165, 1.54) is 0 Å². The van der Waals surface area contributed by atoms with Crippen molar-refractivity contribution >= 4 is 40.3 Å². The first-order valence-electron chi connectivity index (χ1n) is 6.99. The van der Waals surface area contributed by atoms with Crippen LogP contribution in [0.2, 0.25) is 5.02 Å². The van der Waals surface area contributed by atoms with Crippen molar-refractivity contribution in [1.29, 1.82) is 0 Å². The van der Waals surface area contributed by atoms with Crippen LogP contribution in [-0.4, -0.2) is 22.2 Å². The summed E-state index contributed by atoms with van der Waals surface area (Å²) in [6, 6.07) is 0.0622. The number of nitrogens with zero attached hydrogens (tertiary/aromatic N) is 3. The van der Waals surface area contributed by atoms with Gasteiger partial charge in [0.25, 0.3) is 5.69 Å². The molecule has 1 aromatic rings. The van der Waals surface area contributed by atoms with Crippen molar-refractivity contribution in [3.05, 3.63) is 59.8 Å². The van der Waals surface area contributed by atoms with Crippen LogP contribution in [0.5, 0.6) is 0 Å². The van der Waals surface area contributed by atoms with Gasteiger partial charge in [0.15, 0.2) is 5.56 Å². The zero-order chi connectivity index (χ0) is 22.5.